The van der Waals surface area contributed by atoms with Crippen molar-refractivity contribution in [3.05, 3.63) is 50.3 Å². The third-order valence-corrected chi connectivity index (χ3v) is 2.51. The van der Waals surface area contributed by atoms with Gasteiger partial charge in [0.25, 0.3) is 0 Å². The molecule has 0 saturated heterocycles. The minimum absolute atomic E-state index is 0.220. The molecular formula is C11H10Cl2N4O. The molecule has 0 aliphatic heterocycles. The predicted molar refractivity (Wildman–Crippen MR) is 72.5 cm³/mol. The molecule has 18 heavy (non-hydrogen) atoms. The average molecular weight is 285 g/mol. The van der Waals surface area contributed by atoms with E-state index in [0.717, 1.165) is 0 Å². The van der Waals surface area contributed by atoms with Crippen LogP contribution in [0.1, 0.15) is 5.56 Å². The summed E-state index contributed by atoms with van der Waals surface area (Å²) >= 11 is 11.7. The van der Waals surface area contributed by atoms with E-state index in [-0.39, 0.29) is 12.5 Å². The second kappa shape index (κ2) is 7.61. The Hall–Kier alpha value is -1.68. The van der Waals surface area contributed by atoms with Crippen molar-refractivity contribution < 1.29 is 4.79 Å². The van der Waals surface area contributed by atoms with E-state index in [0.29, 0.717) is 22.2 Å². The maximum atomic E-state index is 11.4. The number of benzene rings is 1. The predicted octanol–water partition coefficient (Wildman–Crippen LogP) is 3.43. The third kappa shape index (κ3) is 5.10. The van der Waals surface area contributed by atoms with Gasteiger partial charge in [-0.2, -0.15) is 0 Å². The number of nitrogens with one attached hydrogen (secondary N) is 1. The van der Waals surface area contributed by atoms with Crippen LogP contribution in [0.5, 0.6) is 0 Å². The number of carbonyl (C=O) groups excluding carboxylic acids is 1. The van der Waals surface area contributed by atoms with Crippen molar-refractivity contribution in [3.8, 4) is 0 Å². The lowest BCUT2D eigenvalue weighted by atomic mass is 10.2. The van der Waals surface area contributed by atoms with Crippen LogP contribution in [0.4, 0.5) is 0 Å². The lowest BCUT2D eigenvalue weighted by Gasteiger charge is -2.00. The summed E-state index contributed by atoms with van der Waals surface area (Å²) in [5.74, 6) is -0.283. The SMILES string of the molecule is [N-]=[N+]=NCCNC(=O)/C=C/c1ccc(Cl)cc1Cl. The van der Waals surface area contributed by atoms with Crippen molar-refractivity contribution in [2.45, 2.75) is 0 Å². The van der Waals surface area contributed by atoms with Gasteiger partial charge >= 0.3 is 0 Å². The fraction of sp³-hybridized carbons (Fsp3) is 0.182. The van der Waals surface area contributed by atoms with Crippen LogP contribution >= 0.6 is 23.2 Å². The first kappa shape index (κ1) is 14.4. The number of rotatable bonds is 5. The highest BCUT2D eigenvalue weighted by molar-refractivity contribution is 6.35. The molecule has 0 atom stereocenters. The van der Waals surface area contributed by atoms with E-state index >= 15 is 0 Å². The molecule has 1 rings (SSSR count). The van der Waals surface area contributed by atoms with E-state index in [9.17, 15) is 4.79 Å². The van der Waals surface area contributed by atoms with Crippen LogP contribution in [0.25, 0.3) is 16.5 Å². The van der Waals surface area contributed by atoms with Crippen molar-refractivity contribution in [3.63, 3.8) is 0 Å². The Balaban J connectivity index is 2.52. The number of carbonyl (C=O) groups is 1. The smallest absolute Gasteiger partial charge is 0.243 e. The van der Waals surface area contributed by atoms with Gasteiger partial charge in [-0.1, -0.05) is 34.4 Å². The number of hydrogen-bond donors (Lipinski definition) is 1. The number of azide groups is 1. The number of hydrogen-bond acceptors (Lipinski definition) is 2. The molecule has 0 unspecified atom stereocenters. The van der Waals surface area contributed by atoms with E-state index < -0.39 is 0 Å². The molecule has 1 aromatic carbocycles. The lowest BCUT2D eigenvalue weighted by Crippen LogP contribution is -2.23. The fourth-order valence-corrected chi connectivity index (χ4v) is 1.61. The van der Waals surface area contributed by atoms with Gasteiger partial charge in [0.05, 0.1) is 0 Å². The van der Waals surface area contributed by atoms with E-state index in [1.807, 2.05) is 0 Å². The highest BCUT2D eigenvalue weighted by atomic mass is 35.5. The zero-order chi connectivity index (χ0) is 13.4. The average Bonchev–Trinajstić information content (AvgIpc) is 2.33. The Kier molecular flexibility index (Phi) is 6.08. The van der Waals surface area contributed by atoms with Gasteiger partial charge in [-0.25, -0.2) is 0 Å². The Morgan fingerprint density at radius 2 is 2.28 bits per heavy atom. The number of halogens is 2. The summed E-state index contributed by atoms with van der Waals surface area (Å²) in [5, 5.41) is 6.86. The molecule has 0 bridgehead atoms. The summed E-state index contributed by atoms with van der Waals surface area (Å²) in [4.78, 5) is 13.9. The normalized spacial score (nSPS) is 10.1. The minimum atomic E-state index is -0.283. The van der Waals surface area contributed by atoms with Crippen molar-refractivity contribution in [2.24, 2.45) is 5.11 Å². The van der Waals surface area contributed by atoms with Gasteiger partial charge in [0.2, 0.25) is 5.91 Å². The zero-order valence-corrected chi connectivity index (χ0v) is 10.8. The third-order valence-electron chi connectivity index (χ3n) is 1.95. The highest BCUT2D eigenvalue weighted by Gasteiger charge is 1.99. The van der Waals surface area contributed by atoms with Gasteiger partial charge in [0.15, 0.2) is 0 Å². The van der Waals surface area contributed by atoms with Crippen LogP contribution in [0.2, 0.25) is 10.0 Å². The zero-order valence-electron chi connectivity index (χ0n) is 9.31. The van der Waals surface area contributed by atoms with Gasteiger partial charge in [0.1, 0.15) is 0 Å². The molecule has 0 aromatic heterocycles. The minimum Gasteiger partial charge on any atom is -0.352 e. The van der Waals surface area contributed by atoms with Gasteiger partial charge in [-0.05, 0) is 29.3 Å². The monoisotopic (exact) mass is 284 g/mol. The fourth-order valence-electron chi connectivity index (χ4n) is 1.13. The van der Waals surface area contributed by atoms with Gasteiger partial charge < -0.3 is 5.32 Å². The van der Waals surface area contributed by atoms with Crippen molar-refractivity contribution in [1.29, 1.82) is 0 Å². The lowest BCUT2D eigenvalue weighted by molar-refractivity contribution is -0.116. The summed E-state index contributed by atoms with van der Waals surface area (Å²) in [6.07, 6.45) is 2.94. The molecule has 0 aliphatic rings. The van der Waals surface area contributed by atoms with Crippen LogP contribution in [0.15, 0.2) is 29.4 Å². The summed E-state index contributed by atoms with van der Waals surface area (Å²) in [6.45, 7) is 0.513. The molecule has 0 spiro atoms. The Bertz CT molecular complexity index is 510. The van der Waals surface area contributed by atoms with E-state index in [1.165, 1.54) is 6.08 Å². The molecule has 1 N–H and O–H groups in total. The second-order valence-corrected chi connectivity index (χ2v) is 4.09. The van der Waals surface area contributed by atoms with Gasteiger partial charge in [0, 0.05) is 34.1 Å². The first-order chi connectivity index (χ1) is 8.63. The van der Waals surface area contributed by atoms with Crippen LogP contribution in [0.3, 0.4) is 0 Å². The Morgan fingerprint density at radius 3 is 2.94 bits per heavy atom. The van der Waals surface area contributed by atoms with Crippen LogP contribution in [0, 0.1) is 0 Å². The largest absolute Gasteiger partial charge is 0.352 e. The molecule has 0 radical (unpaired) electrons. The summed E-state index contributed by atoms with van der Waals surface area (Å²) in [6, 6.07) is 5.00. The summed E-state index contributed by atoms with van der Waals surface area (Å²) < 4.78 is 0. The topological polar surface area (TPSA) is 77.9 Å². The van der Waals surface area contributed by atoms with E-state index in [1.54, 1.807) is 24.3 Å². The molecule has 7 heteroatoms. The number of amides is 1. The van der Waals surface area contributed by atoms with Gasteiger partial charge in [-0.3, -0.25) is 4.79 Å². The molecular weight excluding hydrogens is 275 g/mol. The molecule has 0 saturated carbocycles. The van der Waals surface area contributed by atoms with Crippen molar-refractivity contribution in [1.82, 2.24) is 5.32 Å². The molecule has 1 aromatic rings. The van der Waals surface area contributed by atoms with Crippen molar-refractivity contribution >= 4 is 35.2 Å². The molecule has 5 nitrogen and oxygen atoms in total. The Morgan fingerprint density at radius 1 is 1.50 bits per heavy atom. The highest BCUT2D eigenvalue weighted by Crippen LogP contribution is 2.21. The standard InChI is InChI=1S/C11H10Cl2N4O/c12-9-3-1-8(10(13)7-9)2-4-11(18)15-5-6-16-17-14/h1-4,7H,5-6H2,(H,15,18)/b4-2+. The first-order valence-electron chi connectivity index (χ1n) is 5.05. The summed E-state index contributed by atoms with van der Waals surface area (Å²) in [7, 11) is 0. The molecule has 0 fully saturated rings. The van der Waals surface area contributed by atoms with E-state index in [2.05, 4.69) is 15.3 Å². The molecule has 0 aliphatic carbocycles. The quantitative estimate of drug-likeness (QED) is 0.290. The Labute approximate surface area is 114 Å². The van der Waals surface area contributed by atoms with Gasteiger partial charge in [-0.15, -0.1) is 0 Å². The molecule has 94 valence electrons. The van der Waals surface area contributed by atoms with Crippen molar-refractivity contribution in [2.75, 3.05) is 13.1 Å². The van der Waals surface area contributed by atoms with E-state index in [4.69, 9.17) is 28.7 Å². The number of nitrogens with zero attached hydrogens (tertiary/aromatic N) is 3. The first-order valence-corrected chi connectivity index (χ1v) is 5.81. The second-order valence-electron chi connectivity index (χ2n) is 3.24. The van der Waals surface area contributed by atoms with Crippen LogP contribution in [-0.2, 0) is 4.79 Å². The maximum absolute atomic E-state index is 11.4. The molecule has 1 amide bonds. The maximum Gasteiger partial charge on any atom is 0.243 e. The van der Waals surface area contributed by atoms with Crippen LogP contribution in [-0.4, -0.2) is 19.0 Å². The van der Waals surface area contributed by atoms with Crippen LogP contribution < -0.4 is 5.32 Å². The molecule has 0 heterocycles. The summed E-state index contributed by atoms with van der Waals surface area (Å²) in [5.41, 5.74) is 8.74.